The van der Waals surface area contributed by atoms with Gasteiger partial charge in [0.15, 0.2) is 0 Å². The van der Waals surface area contributed by atoms with Crippen LogP contribution in [0.15, 0.2) is 72.0 Å². The number of nitrogens with zero attached hydrogens (tertiary/aromatic N) is 2. The second kappa shape index (κ2) is 8.57. The molecule has 2 N–H and O–H groups in total. The summed E-state index contributed by atoms with van der Waals surface area (Å²) in [4.78, 5) is 19.7. The molecular weight excluding hydrogens is 416 g/mol. The lowest BCUT2D eigenvalue weighted by molar-refractivity contribution is 0.0958. The van der Waals surface area contributed by atoms with Crippen molar-refractivity contribution in [3.63, 3.8) is 0 Å². The third-order valence-corrected chi connectivity index (χ3v) is 6.36. The van der Waals surface area contributed by atoms with Crippen molar-refractivity contribution < 1.29 is 17.9 Å². The number of carbonyl (C=O) groups excluding carboxylic acids is 1. The maximum atomic E-state index is 12.7. The van der Waals surface area contributed by atoms with Gasteiger partial charge < -0.3 is 10.1 Å². The first-order valence-electron chi connectivity index (χ1n) is 9.55. The summed E-state index contributed by atoms with van der Waals surface area (Å²) in [7, 11) is -2.10. The van der Waals surface area contributed by atoms with Crippen molar-refractivity contribution in [2.24, 2.45) is 4.99 Å². The molecule has 3 aromatic rings. The van der Waals surface area contributed by atoms with Crippen LogP contribution in [0.2, 0.25) is 0 Å². The van der Waals surface area contributed by atoms with Crippen molar-refractivity contribution in [1.29, 1.82) is 0 Å². The summed E-state index contributed by atoms with van der Waals surface area (Å²) in [5, 5.41) is 3.35. The number of hydrogen-bond donors (Lipinski definition) is 2. The van der Waals surface area contributed by atoms with Crippen LogP contribution in [-0.2, 0) is 10.0 Å². The van der Waals surface area contributed by atoms with Crippen LogP contribution >= 0.6 is 0 Å². The highest BCUT2D eigenvalue weighted by Gasteiger charge is 2.24. The van der Waals surface area contributed by atoms with E-state index in [4.69, 9.17) is 4.74 Å². The molecule has 0 fully saturated rings. The largest absolute Gasteiger partial charge is 0.457 e. The predicted molar refractivity (Wildman–Crippen MR) is 120 cm³/mol. The summed E-state index contributed by atoms with van der Waals surface area (Å²) in [6.07, 6.45) is 6.63. The standard InChI is InChI=1S/C22H20N4O4S/c1-23-22(27)21-13-17(9-11-25-21)30-16-7-8-19-15(12-16)4-2-6-20(19)26-31(28,29)18-5-3-10-24-14-18/h2-4,6-14,18,26H,5H2,1H3,(H,23,27). The van der Waals surface area contributed by atoms with Crippen molar-refractivity contribution in [2.45, 2.75) is 11.7 Å². The van der Waals surface area contributed by atoms with Crippen molar-refractivity contribution in [3.05, 3.63) is 72.7 Å². The van der Waals surface area contributed by atoms with Gasteiger partial charge in [0.05, 0.1) is 5.69 Å². The second-order valence-electron chi connectivity index (χ2n) is 6.85. The van der Waals surface area contributed by atoms with Crippen LogP contribution in [-0.4, -0.2) is 37.8 Å². The number of aromatic nitrogens is 1. The normalized spacial score (nSPS) is 15.6. The summed E-state index contributed by atoms with van der Waals surface area (Å²) in [6.45, 7) is 0. The molecule has 158 valence electrons. The van der Waals surface area contributed by atoms with E-state index in [0.717, 1.165) is 10.8 Å². The molecule has 2 heterocycles. The molecule has 1 aliphatic rings. The van der Waals surface area contributed by atoms with Gasteiger partial charge in [-0.25, -0.2) is 8.42 Å². The molecule has 1 atom stereocenters. The maximum Gasteiger partial charge on any atom is 0.269 e. The minimum atomic E-state index is -3.63. The first-order chi connectivity index (χ1) is 15.0. The molecule has 31 heavy (non-hydrogen) atoms. The van der Waals surface area contributed by atoms with Crippen LogP contribution in [0.4, 0.5) is 5.69 Å². The molecule has 4 rings (SSSR count). The lowest BCUT2D eigenvalue weighted by atomic mass is 10.1. The van der Waals surface area contributed by atoms with E-state index in [1.165, 1.54) is 19.5 Å². The average Bonchev–Trinajstić information content (AvgIpc) is 2.79. The highest BCUT2D eigenvalue weighted by molar-refractivity contribution is 7.94. The van der Waals surface area contributed by atoms with Crippen LogP contribution in [0, 0.1) is 0 Å². The molecule has 9 heteroatoms. The van der Waals surface area contributed by atoms with E-state index >= 15 is 0 Å². The smallest absolute Gasteiger partial charge is 0.269 e. The van der Waals surface area contributed by atoms with E-state index in [0.29, 0.717) is 23.6 Å². The predicted octanol–water partition coefficient (Wildman–Crippen LogP) is 3.49. The number of allylic oxidation sites excluding steroid dienone is 1. The number of benzene rings is 2. The molecule has 8 nitrogen and oxygen atoms in total. The Labute approximate surface area is 179 Å². The van der Waals surface area contributed by atoms with Crippen molar-refractivity contribution in [2.75, 3.05) is 11.8 Å². The molecule has 0 bridgehead atoms. The Bertz CT molecular complexity index is 1300. The third kappa shape index (κ3) is 4.56. The number of nitrogens with one attached hydrogen (secondary N) is 2. The number of amides is 1. The summed E-state index contributed by atoms with van der Waals surface area (Å²) in [5.41, 5.74) is 0.733. The Morgan fingerprint density at radius 3 is 2.74 bits per heavy atom. The average molecular weight is 436 g/mol. The molecule has 0 saturated carbocycles. The number of rotatable bonds is 6. The van der Waals surface area contributed by atoms with Gasteiger partial charge in [-0.05, 0) is 42.1 Å². The summed E-state index contributed by atoms with van der Waals surface area (Å²) < 4.78 is 34.0. The second-order valence-corrected chi connectivity index (χ2v) is 8.75. The Morgan fingerprint density at radius 2 is 1.97 bits per heavy atom. The summed E-state index contributed by atoms with van der Waals surface area (Å²) in [6, 6.07) is 13.9. The van der Waals surface area contributed by atoms with Gasteiger partial charge >= 0.3 is 0 Å². The van der Waals surface area contributed by atoms with E-state index in [1.807, 2.05) is 6.07 Å². The maximum absolute atomic E-state index is 12.7. The Balaban J connectivity index is 1.59. The van der Waals surface area contributed by atoms with Gasteiger partial charge in [0.2, 0.25) is 10.0 Å². The molecule has 1 aliphatic heterocycles. The number of anilines is 1. The fraction of sp³-hybridized carbons (Fsp3) is 0.136. The number of ether oxygens (including phenoxy) is 1. The number of hydrogen-bond acceptors (Lipinski definition) is 6. The third-order valence-electron chi connectivity index (χ3n) is 4.74. The van der Waals surface area contributed by atoms with E-state index in [9.17, 15) is 13.2 Å². The SMILES string of the molecule is CNC(=O)c1cc(Oc2ccc3c(NS(=O)(=O)C4C=NC=CC4)cccc3c2)ccn1. The van der Waals surface area contributed by atoms with E-state index in [1.54, 1.807) is 54.7 Å². The number of aliphatic imine (C=N–C) groups is 1. The number of fused-ring (bicyclic) bond motifs is 1. The fourth-order valence-corrected chi connectivity index (χ4v) is 4.41. The van der Waals surface area contributed by atoms with Gasteiger partial charge in [-0.15, -0.1) is 0 Å². The van der Waals surface area contributed by atoms with E-state index < -0.39 is 15.3 Å². The van der Waals surface area contributed by atoms with Gasteiger partial charge in [-0.3, -0.25) is 19.5 Å². The Morgan fingerprint density at radius 1 is 1.13 bits per heavy atom. The monoisotopic (exact) mass is 436 g/mol. The molecule has 1 amide bonds. The number of sulfonamides is 1. The molecule has 0 aliphatic carbocycles. The molecule has 0 radical (unpaired) electrons. The minimum absolute atomic E-state index is 0.249. The quantitative estimate of drug-likeness (QED) is 0.615. The van der Waals surface area contributed by atoms with E-state index in [-0.39, 0.29) is 11.6 Å². The van der Waals surface area contributed by atoms with Crippen molar-refractivity contribution in [1.82, 2.24) is 10.3 Å². The molecule has 1 unspecified atom stereocenters. The molecule has 0 spiro atoms. The molecule has 1 aromatic heterocycles. The molecule has 0 saturated heterocycles. The van der Waals surface area contributed by atoms with Gasteiger partial charge in [-0.2, -0.15) is 0 Å². The van der Waals surface area contributed by atoms with Crippen LogP contribution in [0.25, 0.3) is 10.8 Å². The lowest BCUT2D eigenvalue weighted by Gasteiger charge is -2.16. The lowest BCUT2D eigenvalue weighted by Crippen LogP contribution is -2.29. The minimum Gasteiger partial charge on any atom is -0.457 e. The van der Waals surface area contributed by atoms with Crippen molar-refractivity contribution in [3.8, 4) is 11.5 Å². The van der Waals surface area contributed by atoms with Crippen LogP contribution in [0.5, 0.6) is 11.5 Å². The summed E-state index contributed by atoms with van der Waals surface area (Å²) >= 11 is 0. The Kier molecular flexibility index (Phi) is 5.68. The van der Waals surface area contributed by atoms with Crippen LogP contribution in [0.3, 0.4) is 0 Å². The number of pyridine rings is 1. The zero-order valence-electron chi connectivity index (χ0n) is 16.6. The van der Waals surface area contributed by atoms with E-state index in [2.05, 4.69) is 20.0 Å². The summed E-state index contributed by atoms with van der Waals surface area (Å²) in [5.74, 6) is 0.708. The van der Waals surface area contributed by atoms with Gasteiger partial charge in [0.1, 0.15) is 22.4 Å². The van der Waals surface area contributed by atoms with Crippen LogP contribution in [0.1, 0.15) is 16.9 Å². The van der Waals surface area contributed by atoms with Gasteiger partial charge in [-0.1, -0.05) is 18.2 Å². The van der Waals surface area contributed by atoms with Gasteiger partial charge in [0, 0.05) is 37.1 Å². The van der Waals surface area contributed by atoms with Gasteiger partial charge in [0.25, 0.3) is 5.91 Å². The Hall–Kier alpha value is -3.72. The topological polar surface area (TPSA) is 110 Å². The number of carbonyl (C=O) groups is 1. The van der Waals surface area contributed by atoms with Crippen LogP contribution < -0.4 is 14.8 Å². The molecular formula is C22H20N4O4S. The van der Waals surface area contributed by atoms with Crippen molar-refractivity contribution >= 4 is 38.6 Å². The first kappa shape index (κ1) is 20.5. The zero-order valence-corrected chi connectivity index (χ0v) is 17.5. The first-order valence-corrected chi connectivity index (χ1v) is 11.1. The fourth-order valence-electron chi connectivity index (χ4n) is 3.18. The zero-order chi connectivity index (χ0) is 21.8. The highest BCUT2D eigenvalue weighted by Crippen LogP contribution is 2.30. The molecule has 2 aromatic carbocycles. The highest BCUT2D eigenvalue weighted by atomic mass is 32.2.